The van der Waals surface area contributed by atoms with Gasteiger partial charge in [-0.2, -0.15) is 4.31 Å². The lowest BCUT2D eigenvalue weighted by Gasteiger charge is -2.41. The molecular formula is C29H41N4O7S+. The standard InChI is InChI=1S/C29H40N4O7S/c1-29(2,21-34)26(36)28(38)30-14-13-25(35)27(37)31-19-22-9-11-24(12-10-22)41(39,40)32-15-17-33(3,18-16-32)20-23-7-5-4-6-8-23/h4-12,26,34,36H,13-21H2,1-3H3,(H-,30,31,37,38)/p+1. The summed E-state index contributed by atoms with van der Waals surface area (Å²) in [7, 11) is -1.52. The zero-order chi connectivity index (χ0) is 30.3. The second kappa shape index (κ2) is 13.7. The fourth-order valence-corrected chi connectivity index (χ4v) is 5.93. The molecule has 224 valence electrons. The van der Waals surface area contributed by atoms with E-state index in [2.05, 4.69) is 29.8 Å². The van der Waals surface area contributed by atoms with Gasteiger partial charge in [0, 0.05) is 30.5 Å². The van der Waals surface area contributed by atoms with Gasteiger partial charge in [-0.15, -0.1) is 0 Å². The summed E-state index contributed by atoms with van der Waals surface area (Å²) in [6.45, 7) is 5.63. The molecule has 0 aliphatic carbocycles. The quantitative estimate of drug-likeness (QED) is 0.195. The molecule has 1 fully saturated rings. The van der Waals surface area contributed by atoms with Gasteiger partial charge in [0.15, 0.2) is 0 Å². The van der Waals surface area contributed by atoms with Gasteiger partial charge < -0.3 is 25.3 Å². The SMILES string of the molecule is CC(C)(CO)C(O)C(=O)NCCC(=O)C(=O)NCc1ccc(S(=O)(=O)N2CC[N+](C)(Cc3ccccc3)CC2)cc1. The normalized spacial score (nSPS) is 16.5. The predicted octanol–water partition coefficient (Wildman–Crippen LogP) is 0.409. The van der Waals surface area contributed by atoms with Gasteiger partial charge in [0.25, 0.3) is 5.91 Å². The first-order chi connectivity index (χ1) is 19.3. The molecular weight excluding hydrogens is 548 g/mol. The Hall–Kier alpha value is -3.16. The summed E-state index contributed by atoms with van der Waals surface area (Å²) in [4.78, 5) is 36.4. The van der Waals surface area contributed by atoms with Gasteiger partial charge in [0.1, 0.15) is 12.6 Å². The minimum atomic E-state index is -3.67. The van der Waals surface area contributed by atoms with Crippen molar-refractivity contribution in [1.29, 1.82) is 0 Å². The molecule has 1 aliphatic rings. The average molecular weight is 590 g/mol. The maximum absolute atomic E-state index is 13.2. The van der Waals surface area contributed by atoms with Gasteiger partial charge in [-0.3, -0.25) is 14.4 Å². The summed E-state index contributed by atoms with van der Waals surface area (Å²) in [5.74, 6) is -2.32. The van der Waals surface area contributed by atoms with Crippen molar-refractivity contribution in [3.8, 4) is 0 Å². The number of piperazine rings is 1. The van der Waals surface area contributed by atoms with Crippen LogP contribution in [0.3, 0.4) is 0 Å². The van der Waals surface area contributed by atoms with E-state index in [1.807, 2.05) is 18.2 Å². The van der Waals surface area contributed by atoms with Gasteiger partial charge in [0.05, 0.1) is 44.7 Å². The number of benzene rings is 2. The van der Waals surface area contributed by atoms with Gasteiger partial charge in [-0.25, -0.2) is 8.42 Å². The molecule has 11 nitrogen and oxygen atoms in total. The molecule has 0 bridgehead atoms. The van der Waals surface area contributed by atoms with E-state index in [-0.39, 0.29) is 24.4 Å². The lowest BCUT2D eigenvalue weighted by Crippen LogP contribution is -2.57. The number of nitrogens with zero attached hydrogens (tertiary/aromatic N) is 2. The molecule has 12 heteroatoms. The van der Waals surface area contributed by atoms with E-state index in [1.165, 1.54) is 35.8 Å². The first-order valence-electron chi connectivity index (χ1n) is 13.6. The van der Waals surface area contributed by atoms with Crippen LogP contribution in [-0.2, 0) is 37.5 Å². The highest BCUT2D eigenvalue weighted by molar-refractivity contribution is 7.89. The van der Waals surface area contributed by atoms with Gasteiger partial charge in [0.2, 0.25) is 21.7 Å². The Balaban J connectivity index is 1.45. The number of sulfonamides is 1. The molecule has 0 saturated carbocycles. The first-order valence-corrected chi connectivity index (χ1v) is 15.1. The molecule has 3 rings (SSSR count). The van der Waals surface area contributed by atoms with Crippen LogP contribution in [0.25, 0.3) is 0 Å². The topological polar surface area (TPSA) is 153 Å². The largest absolute Gasteiger partial charge is 0.396 e. The number of amides is 2. The van der Waals surface area contributed by atoms with E-state index < -0.39 is 45.7 Å². The summed E-state index contributed by atoms with van der Waals surface area (Å²) < 4.78 is 28.7. The van der Waals surface area contributed by atoms with E-state index in [0.717, 1.165) is 11.0 Å². The number of rotatable bonds is 13. The van der Waals surface area contributed by atoms with Crippen molar-refractivity contribution in [1.82, 2.24) is 14.9 Å². The molecule has 1 unspecified atom stereocenters. The fraction of sp³-hybridized carbons (Fsp3) is 0.483. The van der Waals surface area contributed by atoms with Crippen LogP contribution in [-0.4, -0.2) is 97.5 Å². The maximum atomic E-state index is 13.2. The van der Waals surface area contributed by atoms with Crippen LogP contribution in [0.4, 0.5) is 0 Å². The van der Waals surface area contributed by atoms with E-state index >= 15 is 0 Å². The molecule has 2 aromatic rings. The zero-order valence-corrected chi connectivity index (χ0v) is 24.7. The Kier molecular flexibility index (Phi) is 10.8. The Morgan fingerprint density at radius 3 is 2.17 bits per heavy atom. The summed E-state index contributed by atoms with van der Waals surface area (Å²) in [6, 6.07) is 16.4. The molecule has 1 saturated heterocycles. The monoisotopic (exact) mass is 589 g/mol. The van der Waals surface area contributed by atoms with Crippen molar-refractivity contribution >= 4 is 27.6 Å². The molecule has 0 spiro atoms. The van der Waals surface area contributed by atoms with Crippen molar-refractivity contribution in [2.45, 2.75) is 44.4 Å². The van der Waals surface area contributed by atoms with E-state index in [1.54, 1.807) is 12.1 Å². The average Bonchev–Trinajstić information content (AvgIpc) is 2.96. The van der Waals surface area contributed by atoms with Crippen molar-refractivity contribution in [2.75, 3.05) is 46.4 Å². The third kappa shape index (κ3) is 8.66. The number of quaternary nitrogens is 1. The van der Waals surface area contributed by atoms with Gasteiger partial charge in [-0.1, -0.05) is 56.3 Å². The molecule has 4 N–H and O–H groups in total. The molecule has 1 aliphatic heterocycles. The number of carbonyl (C=O) groups excluding carboxylic acids is 3. The number of aliphatic hydroxyl groups is 2. The summed E-state index contributed by atoms with van der Waals surface area (Å²) >= 11 is 0. The highest BCUT2D eigenvalue weighted by Crippen LogP contribution is 2.22. The summed E-state index contributed by atoms with van der Waals surface area (Å²) in [6.07, 6.45) is -1.72. The Morgan fingerprint density at radius 2 is 1.59 bits per heavy atom. The lowest BCUT2D eigenvalue weighted by atomic mass is 9.87. The number of aliphatic hydroxyl groups excluding tert-OH is 2. The van der Waals surface area contributed by atoms with Crippen LogP contribution in [0.15, 0.2) is 59.5 Å². The Morgan fingerprint density at radius 1 is 0.976 bits per heavy atom. The van der Waals surface area contributed by atoms with Gasteiger partial charge >= 0.3 is 0 Å². The Labute approximate surface area is 241 Å². The van der Waals surface area contributed by atoms with Crippen molar-refractivity contribution < 1.29 is 37.5 Å². The van der Waals surface area contributed by atoms with Crippen molar-refractivity contribution in [3.05, 3.63) is 65.7 Å². The van der Waals surface area contributed by atoms with Crippen LogP contribution in [0.1, 0.15) is 31.4 Å². The van der Waals surface area contributed by atoms with Crippen molar-refractivity contribution in [3.63, 3.8) is 0 Å². The van der Waals surface area contributed by atoms with E-state index in [9.17, 15) is 33.0 Å². The number of Topliss-reactive ketones (excluding diaryl/α,β-unsaturated/α-hetero) is 1. The minimum absolute atomic E-state index is 0.0275. The molecule has 41 heavy (non-hydrogen) atoms. The number of carbonyl (C=O) groups is 3. The number of likely N-dealkylation sites (N-methyl/N-ethyl adjacent to an activating group) is 1. The third-order valence-electron chi connectivity index (χ3n) is 7.50. The third-order valence-corrected chi connectivity index (χ3v) is 9.41. The predicted molar refractivity (Wildman–Crippen MR) is 153 cm³/mol. The smallest absolute Gasteiger partial charge is 0.287 e. The highest BCUT2D eigenvalue weighted by Gasteiger charge is 2.35. The van der Waals surface area contributed by atoms with Crippen molar-refractivity contribution in [2.24, 2.45) is 5.41 Å². The number of nitrogens with one attached hydrogen (secondary N) is 2. The van der Waals surface area contributed by atoms with Crippen LogP contribution in [0.5, 0.6) is 0 Å². The highest BCUT2D eigenvalue weighted by atomic mass is 32.2. The fourth-order valence-electron chi connectivity index (χ4n) is 4.51. The Bertz CT molecular complexity index is 1310. The summed E-state index contributed by atoms with van der Waals surface area (Å²) in [5, 5.41) is 24.1. The molecule has 2 aromatic carbocycles. The second-order valence-electron chi connectivity index (χ2n) is 11.5. The first kappa shape index (κ1) is 32.4. The van der Waals surface area contributed by atoms with Gasteiger partial charge in [-0.05, 0) is 17.7 Å². The molecule has 0 radical (unpaired) electrons. The molecule has 2 amide bonds. The van der Waals surface area contributed by atoms with Crippen LogP contribution in [0, 0.1) is 5.41 Å². The summed E-state index contributed by atoms with van der Waals surface area (Å²) in [5.41, 5.74) is 0.802. The molecule has 1 atom stereocenters. The maximum Gasteiger partial charge on any atom is 0.287 e. The minimum Gasteiger partial charge on any atom is -0.396 e. The lowest BCUT2D eigenvalue weighted by molar-refractivity contribution is -0.925. The van der Waals surface area contributed by atoms with Crippen LogP contribution >= 0.6 is 0 Å². The number of hydrogen-bond acceptors (Lipinski definition) is 7. The second-order valence-corrected chi connectivity index (χ2v) is 13.4. The number of ketones is 1. The van der Waals surface area contributed by atoms with E-state index in [4.69, 9.17) is 0 Å². The van der Waals surface area contributed by atoms with Crippen LogP contribution < -0.4 is 10.6 Å². The molecule has 0 aromatic heterocycles. The number of hydrogen-bond donors (Lipinski definition) is 4. The zero-order valence-electron chi connectivity index (χ0n) is 23.9. The van der Waals surface area contributed by atoms with E-state index in [0.29, 0.717) is 31.7 Å². The molecule has 1 heterocycles. The van der Waals surface area contributed by atoms with Crippen LogP contribution in [0.2, 0.25) is 0 Å².